The van der Waals surface area contributed by atoms with Gasteiger partial charge in [-0.2, -0.15) is 0 Å². The fourth-order valence-electron chi connectivity index (χ4n) is 0.914. The van der Waals surface area contributed by atoms with Gasteiger partial charge in [0.15, 0.2) is 0 Å². The summed E-state index contributed by atoms with van der Waals surface area (Å²) in [5.41, 5.74) is 0.537. The molecule has 1 heterocycles. The number of hydrogen-bond acceptors (Lipinski definition) is 3. The quantitative estimate of drug-likeness (QED) is 0.708. The molecule has 0 aromatic rings. The molecule has 0 saturated carbocycles. The highest BCUT2D eigenvalue weighted by Gasteiger charge is 2.17. The molecule has 4 heteroatoms. The Kier molecular flexibility index (Phi) is 3.25. The summed E-state index contributed by atoms with van der Waals surface area (Å²) in [6.07, 6.45) is 0.561. The van der Waals surface area contributed by atoms with Crippen LogP contribution >= 0.6 is 11.8 Å². The van der Waals surface area contributed by atoms with Gasteiger partial charge in [-0.3, -0.25) is 5.32 Å². The van der Waals surface area contributed by atoms with E-state index < -0.39 is 5.60 Å². The molecule has 0 radical (unpaired) electrons. The van der Waals surface area contributed by atoms with E-state index >= 15 is 0 Å². The van der Waals surface area contributed by atoms with E-state index in [1.807, 2.05) is 26.2 Å². The topological polar surface area (TPSA) is 38.3 Å². The van der Waals surface area contributed by atoms with Crippen molar-refractivity contribution < 1.29 is 9.53 Å². The molecule has 0 unspecified atom stereocenters. The minimum absolute atomic E-state index is 0.360. The van der Waals surface area contributed by atoms with E-state index in [0.29, 0.717) is 0 Å². The number of thioether (sulfide) groups is 1. The molecule has 74 valence electrons. The summed E-state index contributed by atoms with van der Waals surface area (Å²) in [4.78, 5) is 11.2. The molecule has 0 bridgehead atoms. The van der Waals surface area contributed by atoms with Gasteiger partial charge in [0.05, 0.1) is 0 Å². The van der Waals surface area contributed by atoms with Crippen molar-refractivity contribution in [3.63, 3.8) is 0 Å². The van der Waals surface area contributed by atoms with Crippen LogP contribution in [0.5, 0.6) is 0 Å². The molecule has 0 fully saturated rings. The number of alkyl carbamates (subject to hydrolysis) is 1. The highest BCUT2D eigenvalue weighted by atomic mass is 32.2. The van der Waals surface area contributed by atoms with Crippen molar-refractivity contribution in [3.8, 4) is 0 Å². The summed E-state index contributed by atoms with van der Waals surface area (Å²) in [7, 11) is 0. The fraction of sp³-hybridized carbons (Fsp3) is 0.667. The van der Waals surface area contributed by atoms with Crippen molar-refractivity contribution >= 4 is 17.9 Å². The van der Waals surface area contributed by atoms with Crippen molar-refractivity contribution in [1.82, 2.24) is 5.32 Å². The van der Waals surface area contributed by atoms with E-state index in [4.69, 9.17) is 4.74 Å². The van der Waals surface area contributed by atoms with Crippen LogP contribution in [0.15, 0.2) is 11.1 Å². The van der Waals surface area contributed by atoms with Gasteiger partial charge in [-0.1, -0.05) is 0 Å². The summed E-state index contributed by atoms with van der Waals surface area (Å²) in [5.74, 6) is 1.05. The second-order valence-corrected chi connectivity index (χ2v) is 4.87. The Morgan fingerprint density at radius 2 is 2.31 bits per heavy atom. The van der Waals surface area contributed by atoms with E-state index in [2.05, 4.69) is 5.32 Å². The molecular formula is C9H15NO2S. The molecule has 0 aromatic heterocycles. The molecule has 0 atom stereocenters. The lowest BCUT2D eigenvalue weighted by molar-refractivity contribution is 0.0545. The van der Waals surface area contributed by atoms with Gasteiger partial charge in [0.1, 0.15) is 5.60 Å². The molecule has 3 nitrogen and oxygen atoms in total. The van der Waals surface area contributed by atoms with Gasteiger partial charge in [-0.25, -0.2) is 4.79 Å². The molecule has 1 amide bonds. The van der Waals surface area contributed by atoms with E-state index in [1.165, 1.54) is 0 Å². The third-order valence-corrected chi connectivity index (χ3v) is 2.27. The molecular weight excluding hydrogens is 186 g/mol. The lowest BCUT2D eigenvalue weighted by atomic mass is 10.2. The normalized spacial score (nSPS) is 16.7. The Bertz CT molecular complexity index is 230. The smallest absolute Gasteiger partial charge is 0.411 e. The number of carbonyl (C=O) groups is 1. The molecule has 1 rings (SSSR count). The maximum Gasteiger partial charge on any atom is 0.411 e. The zero-order valence-corrected chi connectivity index (χ0v) is 9.03. The molecule has 0 spiro atoms. The average Bonchev–Trinajstić information content (AvgIpc) is 2.34. The van der Waals surface area contributed by atoms with Crippen LogP contribution in [0.1, 0.15) is 27.2 Å². The van der Waals surface area contributed by atoms with Gasteiger partial charge in [-0.15, -0.1) is 11.8 Å². The number of carbonyl (C=O) groups excluding carboxylic acids is 1. The zero-order chi connectivity index (χ0) is 9.90. The van der Waals surface area contributed by atoms with Crippen molar-refractivity contribution in [2.45, 2.75) is 32.8 Å². The van der Waals surface area contributed by atoms with Gasteiger partial charge >= 0.3 is 6.09 Å². The third-order valence-electron chi connectivity index (χ3n) is 1.38. The Hall–Kier alpha value is -0.640. The summed E-state index contributed by atoms with van der Waals surface area (Å²) >= 11 is 1.71. The molecule has 0 saturated heterocycles. The van der Waals surface area contributed by atoms with Crippen LogP contribution in [0.25, 0.3) is 0 Å². The van der Waals surface area contributed by atoms with Gasteiger partial charge in [0.25, 0.3) is 0 Å². The number of nitrogens with one attached hydrogen (secondary N) is 1. The van der Waals surface area contributed by atoms with Crippen LogP contribution in [-0.2, 0) is 4.74 Å². The monoisotopic (exact) mass is 201 g/mol. The standard InChI is InChI=1S/C9H15NO2S/c1-9(2,3)12-8(11)10-7-4-5-13-6-7/h6H,4-5H2,1-3H3,(H,10,11). The highest BCUT2D eigenvalue weighted by molar-refractivity contribution is 8.02. The van der Waals surface area contributed by atoms with Crippen LogP contribution in [-0.4, -0.2) is 17.4 Å². The van der Waals surface area contributed by atoms with Gasteiger partial charge in [0, 0.05) is 11.4 Å². The Labute approximate surface area is 82.9 Å². The SMILES string of the molecule is CC(C)(C)OC(=O)NC1=CSCC1. The van der Waals surface area contributed by atoms with Gasteiger partial charge in [-0.05, 0) is 32.6 Å². The summed E-state index contributed by atoms with van der Waals surface area (Å²) < 4.78 is 5.10. The van der Waals surface area contributed by atoms with Crippen molar-refractivity contribution in [3.05, 3.63) is 11.1 Å². The van der Waals surface area contributed by atoms with Crippen molar-refractivity contribution in [1.29, 1.82) is 0 Å². The minimum atomic E-state index is -0.420. The molecule has 1 aliphatic rings. The fourth-order valence-corrected chi connectivity index (χ4v) is 1.75. The predicted molar refractivity (Wildman–Crippen MR) is 54.5 cm³/mol. The largest absolute Gasteiger partial charge is 0.444 e. The number of allylic oxidation sites excluding steroid dienone is 1. The first-order valence-corrected chi connectivity index (χ1v) is 5.33. The van der Waals surface area contributed by atoms with Crippen LogP contribution in [0.3, 0.4) is 0 Å². The first-order valence-electron chi connectivity index (χ1n) is 4.28. The highest BCUT2D eigenvalue weighted by Crippen LogP contribution is 2.19. The van der Waals surface area contributed by atoms with Crippen LogP contribution < -0.4 is 5.32 Å². The van der Waals surface area contributed by atoms with Gasteiger partial charge in [0.2, 0.25) is 0 Å². The molecule has 0 aromatic carbocycles. The molecule has 1 N–H and O–H groups in total. The van der Waals surface area contributed by atoms with E-state index in [0.717, 1.165) is 17.9 Å². The average molecular weight is 201 g/mol. The van der Waals surface area contributed by atoms with E-state index in [-0.39, 0.29) is 6.09 Å². The zero-order valence-electron chi connectivity index (χ0n) is 8.22. The maximum atomic E-state index is 11.2. The van der Waals surface area contributed by atoms with Crippen molar-refractivity contribution in [2.75, 3.05) is 5.75 Å². The lowest BCUT2D eigenvalue weighted by Crippen LogP contribution is -2.31. The van der Waals surface area contributed by atoms with Crippen LogP contribution in [0.4, 0.5) is 4.79 Å². The number of ether oxygens (including phenoxy) is 1. The predicted octanol–water partition coefficient (Wildman–Crippen LogP) is 2.49. The second-order valence-electron chi connectivity index (χ2n) is 3.89. The second kappa shape index (κ2) is 4.05. The Morgan fingerprint density at radius 1 is 1.62 bits per heavy atom. The lowest BCUT2D eigenvalue weighted by Gasteiger charge is -2.19. The van der Waals surface area contributed by atoms with Crippen molar-refractivity contribution in [2.24, 2.45) is 0 Å². The number of rotatable bonds is 1. The van der Waals surface area contributed by atoms with Gasteiger partial charge < -0.3 is 4.74 Å². The van der Waals surface area contributed by atoms with E-state index in [9.17, 15) is 4.79 Å². The molecule has 13 heavy (non-hydrogen) atoms. The first kappa shape index (κ1) is 10.4. The molecule has 1 aliphatic heterocycles. The van der Waals surface area contributed by atoms with E-state index in [1.54, 1.807) is 11.8 Å². The number of amides is 1. The molecule has 0 aliphatic carbocycles. The van der Waals surface area contributed by atoms with Crippen LogP contribution in [0.2, 0.25) is 0 Å². The third kappa shape index (κ3) is 4.22. The maximum absolute atomic E-state index is 11.2. The number of hydrogen-bond donors (Lipinski definition) is 1. The summed E-state index contributed by atoms with van der Waals surface area (Å²) in [6.45, 7) is 5.55. The summed E-state index contributed by atoms with van der Waals surface area (Å²) in [5, 5.41) is 4.68. The van der Waals surface area contributed by atoms with Crippen LogP contribution in [0, 0.1) is 0 Å². The Morgan fingerprint density at radius 3 is 2.77 bits per heavy atom. The minimum Gasteiger partial charge on any atom is -0.444 e. The Balaban J connectivity index is 2.33. The first-order chi connectivity index (χ1) is 5.97. The summed E-state index contributed by atoms with van der Waals surface area (Å²) in [6, 6.07) is 0.